The van der Waals surface area contributed by atoms with Crippen molar-refractivity contribution < 1.29 is 9.18 Å². The standard InChI is InChI=1S/C12H10ClFN2OS/c1-7-10(16-12(13)18-7)11(17)15-6-8-3-2-4-9(14)5-8/h2-5H,6H2,1H3,(H,15,17). The molecule has 1 aromatic carbocycles. The third-order valence-electron chi connectivity index (χ3n) is 2.33. The molecule has 1 aromatic heterocycles. The first-order valence-corrected chi connectivity index (χ1v) is 6.41. The summed E-state index contributed by atoms with van der Waals surface area (Å²) in [4.78, 5) is 16.5. The van der Waals surface area contributed by atoms with Crippen LogP contribution in [0.4, 0.5) is 4.39 Å². The molecule has 6 heteroatoms. The van der Waals surface area contributed by atoms with Crippen molar-refractivity contribution in [3.05, 3.63) is 50.7 Å². The first-order valence-electron chi connectivity index (χ1n) is 5.22. The molecule has 0 unspecified atom stereocenters. The van der Waals surface area contributed by atoms with Gasteiger partial charge >= 0.3 is 0 Å². The summed E-state index contributed by atoms with van der Waals surface area (Å²) in [6, 6.07) is 6.07. The maximum Gasteiger partial charge on any atom is 0.271 e. The van der Waals surface area contributed by atoms with E-state index in [1.807, 2.05) is 0 Å². The van der Waals surface area contributed by atoms with Gasteiger partial charge in [-0.3, -0.25) is 4.79 Å². The number of hydrogen-bond acceptors (Lipinski definition) is 3. The van der Waals surface area contributed by atoms with E-state index in [0.717, 1.165) is 4.88 Å². The van der Waals surface area contributed by atoms with E-state index in [-0.39, 0.29) is 18.3 Å². The Balaban J connectivity index is 2.03. The van der Waals surface area contributed by atoms with E-state index in [0.29, 0.717) is 15.7 Å². The molecule has 1 heterocycles. The highest BCUT2D eigenvalue weighted by molar-refractivity contribution is 7.15. The van der Waals surface area contributed by atoms with Gasteiger partial charge in [-0.05, 0) is 24.6 Å². The lowest BCUT2D eigenvalue weighted by Gasteiger charge is -2.04. The number of benzene rings is 1. The fourth-order valence-corrected chi connectivity index (χ4v) is 2.54. The van der Waals surface area contributed by atoms with Crippen LogP contribution in [0, 0.1) is 12.7 Å². The van der Waals surface area contributed by atoms with Crippen molar-refractivity contribution in [2.75, 3.05) is 0 Å². The molecule has 0 saturated carbocycles. The van der Waals surface area contributed by atoms with E-state index < -0.39 is 0 Å². The predicted molar refractivity (Wildman–Crippen MR) is 69.4 cm³/mol. The first-order chi connectivity index (χ1) is 8.56. The number of carbonyl (C=O) groups excluding carboxylic acids is 1. The minimum Gasteiger partial charge on any atom is -0.347 e. The van der Waals surface area contributed by atoms with Crippen molar-refractivity contribution in [3.8, 4) is 0 Å². The average molecular weight is 285 g/mol. The minimum absolute atomic E-state index is 0.255. The SMILES string of the molecule is Cc1sc(Cl)nc1C(=O)NCc1cccc(F)c1. The van der Waals surface area contributed by atoms with Gasteiger partial charge < -0.3 is 5.32 Å². The summed E-state index contributed by atoms with van der Waals surface area (Å²) in [5.74, 6) is -0.630. The van der Waals surface area contributed by atoms with Crippen molar-refractivity contribution >= 4 is 28.8 Å². The van der Waals surface area contributed by atoms with Gasteiger partial charge in [0.05, 0.1) is 0 Å². The van der Waals surface area contributed by atoms with Crippen molar-refractivity contribution in [2.45, 2.75) is 13.5 Å². The molecule has 0 saturated heterocycles. The molecule has 0 aliphatic carbocycles. The van der Waals surface area contributed by atoms with E-state index >= 15 is 0 Å². The Kier molecular flexibility index (Phi) is 3.93. The molecule has 94 valence electrons. The Bertz CT molecular complexity index is 585. The highest BCUT2D eigenvalue weighted by Gasteiger charge is 2.14. The number of aryl methyl sites for hydroxylation is 1. The summed E-state index contributed by atoms with van der Waals surface area (Å²) >= 11 is 6.98. The third kappa shape index (κ3) is 3.05. The topological polar surface area (TPSA) is 42.0 Å². The Morgan fingerprint density at radius 3 is 2.94 bits per heavy atom. The lowest BCUT2D eigenvalue weighted by atomic mass is 10.2. The van der Waals surface area contributed by atoms with Crippen LogP contribution in [0.1, 0.15) is 20.9 Å². The lowest BCUT2D eigenvalue weighted by molar-refractivity contribution is 0.0946. The molecular formula is C12H10ClFN2OS. The summed E-state index contributed by atoms with van der Waals surface area (Å²) in [7, 11) is 0. The van der Waals surface area contributed by atoms with Crippen LogP contribution >= 0.6 is 22.9 Å². The molecule has 18 heavy (non-hydrogen) atoms. The number of carbonyl (C=O) groups is 1. The number of thiazole rings is 1. The molecule has 0 radical (unpaired) electrons. The Labute approximate surface area is 113 Å². The van der Waals surface area contributed by atoms with Crippen molar-refractivity contribution in [1.82, 2.24) is 10.3 Å². The molecule has 0 aliphatic heterocycles. The van der Waals surface area contributed by atoms with Crippen molar-refractivity contribution in [3.63, 3.8) is 0 Å². The van der Waals surface area contributed by atoms with Crippen LogP contribution in [-0.2, 0) is 6.54 Å². The largest absolute Gasteiger partial charge is 0.347 e. The number of hydrogen-bond donors (Lipinski definition) is 1. The Hall–Kier alpha value is -1.46. The molecule has 0 atom stereocenters. The molecule has 1 N–H and O–H groups in total. The van der Waals surface area contributed by atoms with Crippen LogP contribution < -0.4 is 5.32 Å². The lowest BCUT2D eigenvalue weighted by Crippen LogP contribution is -2.23. The number of amides is 1. The highest BCUT2D eigenvalue weighted by Crippen LogP contribution is 2.21. The molecule has 0 spiro atoms. The van der Waals surface area contributed by atoms with Gasteiger partial charge in [0.1, 0.15) is 11.5 Å². The molecule has 3 nitrogen and oxygen atoms in total. The quantitative estimate of drug-likeness (QED) is 0.940. The van der Waals surface area contributed by atoms with Gasteiger partial charge in [-0.1, -0.05) is 23.7 Å². The van der Waals surface area contributed by atoms with Crippen LogP contribution in [0.5, 0.6) is 0 Å². The van der Waals surface area contributed by atoms with Gasteiger partial charge in [-0.25, -0.2) is 9.37 Å². The summed E-state index contributed by atoms with van der Waals surface area (Å²) in [6.45, 7) is 2.03. The van der Waals surface area contributed by atoms with E-state index in [1.165, 1.54) is 23.5 Å². The number of aromatic nitrogens is 1. The number of halogens is 2. The van der Waals surface area contributed by atoms with Crippen molar-refractivity contribution in [1.29, 1.82) is 0 Å². The monoisotopic (exact) mass is 284 g/mol. The molecule has 2 rings (SSSR count). The third-order valence-corrected chi connectivity index (χ3v) is 3.40. The molecule has 0 aliphatic rings. The molecular weight excluding hydrogens is 275 g/mol. The molecule has 0 fully saturated rings. The molecule has 1 amide bonds. The smallest absolute Gasteiger partial charge is 0.271 e. The Morgan fingerprint density at radius 2 is 2.33 bits per heavy atom. The molecule has 2 aromatic rings. The summed E-state index contributed by atoms with van der Waals surface area (Å²) in [5, 5.41) is 2.68. The van der Waals surface area contributed by atoms with E-state index in [1.54, 1.807) is 19.1 Å². The van der Waals surface area contributed by atoms with Crippen molar-refractivity contribution in [2.24, 2.45) is 0 Å². The van der Waals surface area contributed by atoms with Gasteiger partial charge in [0.15, 0.2) is 4.47 Å². The van der Waals surface area contributed by atoms with Gasteiger partial charge in [0.25, 0.3) is 5.91 Å². The van der Waals surface area contributed by atoms with Crippen LogP contribution in [0.15, 0.2) is 24.3 Å². The second kappa shape index (κ2) is 5.46. The van der Waals surface area contributed by atoms with Crippen LogP contribution in [-0.4, -0.2) is 10.9 Å². The number of nitrogens with zero attached hydrogens (tertiary/aromatic N) is 1. The second-order valence-electron chi connectivity index (χ2n) is 3.68. The minimum atomic E-state index is -0.324. The fourth-order valence-electron chi connectivity index (χ4n) is 1.49. The van der Waals surface area contributed by atoms with Gasteiger partial charge in [-0.2, -0.15) is 0 Å². The molecule has 0 bridgehead atoms. The zero-order chi connectivity index (χ0) is 13.1. The van der Waals surface area contributed by atoms with E-state index in [4.69, 9.17) is 11.6 Å². The maximum absolute atomic E-state index is 12.9. The predicted octanol–water partition coefficient (Wildman–Crippen LogP) is 3.17. The highest BCUT2D eigenvalue weighted by atomic mass is 35.5. The summed E-state index contributed by atoms with van der Waals surface area (Å²) in [5.41, 5.74) is 1.02. The Morgan fingerprint density at radius 1 is 1.56 bits per heavy atom. The number of rotatable bonds is 3. The van der Waals surface area contributed by atoms with E-state index in [9.17, 15) is 9.18 Å². The normalized spacial score (nSPS) is 10.4. The zero-order valence-corrected chi connectivity index (χ0v) is 11.1. The van der Waals surface area contributed by atoms with Gasteiger partial charge in [0.2, 0.25) is 0 Å². The van der Waals surface area contributed by atoms with Crippen LogP contribution in [0.25, 0.3) is 0 Å². The first kappa shape index (κ1) is 13.0. The summed E-state index contributed by atoms with van der Waals surface area (Å²) in [6.07, 6.45) is 0. The summed E-state index contributed by atoms with van der Waals surface area (Å²) < 4.78 is 13.3. The average Bonchev–Trinajstić information content (AvgIpc) is 2.66. The van der Waals surface area contributed by atoms with Crippen LogP contribution in [0.2, 0.25) is 4.47 Å². The van der Waals surface area contributed by atoms with Crippen LogP contribution in [0.3, 0.4) is 0 Å². The maximum atomic E-state index is 12.9. The van der Waals surface area contributed by atoms with E-state index in [2.05, 4.69) is 10.3 Å². The van der Waals surface area contributed by atoms with Gasteiger partial charge in [-0.15, -0.1) is 11.3 Å². The van der Waals surface area contributed by atoms with Gasteiger partial charge in [0, 0.05) is 11.4 Å². The number of nitrogens with one attached hydrogen (secondary N) is 1. The fraction of sp³-hybridized carbons (Fsp3) is 0.167. The zero-order valence-electron chi connectivity index (χ0n) is 9.54. The second-order valence-corrected chi connectivity index (χ2v) is 5.47.